The molecule has 2 N–H and O–H groups in total. The number of amides is 1. The molecule has 5 rings (SSSR count). The lowest BCUT2D eigenvalue weighted by atomic mass is 9.58. The summed E-state index contributed by atoms with van der Waals surface area (Å²) in [4.78, 5) is 17.5. The van der Waals surface area contributed by atoms with Gasteiger partial charge in [-0.25, -0.2) is 4.98 Å². The van der Waals surface area contributed by atoms with Gasteiger partial charge in [0.1, 0.15) is 23.5 Å². The Hall–Kier alpha value is -3.20. The van der Waals surface area contributed by atoms with Crippen LogP contribution in [0.15, 0.2) is 36.7 Å². The largest absolute Gasteiger partial charge is 0.321 e. The number of benzene rings is 1. The van der Waals surface area contributed by atoms with Gasteiger partial charge in [0.2, 0.25) is 0 Å². The Balaban J connectivity index is 1.42. The van der Waals surface area contributed by atoms with E-state index in [1.807, 2.05) is 35.9 Å². The lowest BCUT2D eigenvalue weighted by Crippen LogP contribution is -2.43. The average molecular weight is 523 g/mol. The zero-order chi connectivity index (χ0) is 27.3. The first-order chi connectivity index (χ1) is 17.9. The van der Waals surface area contributed by atoms with Gasteiger partial charge in [0, 0.05) is 32.2 Å². The fourth-order valence-electron chi connectivity index (χ4n) is 5.94. The van der Waals surface area contributed by atoms with E-state index in [1.165, 1.54) is 0 Å². The fourth-order valence-corrected chi connectivity index (χ4v) is 5.94. The number of carbonyl (C=O) groups is 1. The van der Waals surface area contributed by atoms with Gasteiger partial charge in [-0.05, 0) is 65.5 Å². The van der Waals surface area contributed by atoms with E-state index in [2.05, 4.69) is 53.5 Å². The summed E-state index contributed by atoms with van der Waals surface area (Å²) in [6.07, 6.45) is 3.55. The van der Waals surface area contributed by atoms with Gasteiger partial charge >= 0.3 is 0 Å². The molecule has 1 saturated carbocycles. The number of alkyl halides is 2. The van der Waals surface area contributed by atoms with E-state index in [0.717, 1.165) is 30.8 Å². The Labute approximate surface area is 222 Å². The number of nitrogens with one attached hydrogen (secondary N) is 2. The van der Waals surface area contributed by atoms with Gasteiger partial charge in [0.05, 0.1) is 5.41 Å². The number of carbonyl (C=O) groups excluding carboxylic acids is 1. The molecule has 0 spiro atoms. The molecule has 38 heavy (non-hydrogen) atoms. The zero-order valence-electron chi connectivity index (χ0n) is 22.7. The van der Waals surface area contributed by atoms with Gasteiger partial charge in [-0.15, -0.1) is 10.2 Å². The normalized spacial score (nSPS) is 22.1. The number of rotatable bonds is 7. The molecule has 2 aromatic heterocycles. The number of hydrogen-bond donors (Lipinski definition) is 2. The number of halogens is 2. The molecule has 0 radical (unpaired) electrons. The quantitative estimate of drug-likeness (QED) is 0.437. The fraction of sp³-hybridized carbons (Fsp3) is 0.517. The van der Waals surface area contributed by atoms with Crippen LogP contribution < -0.4 is 10.6 Å². The molecule has 3 aromatic rings. The van der Waals surface area contributed by atoms with Crippen molar-refractivity contribution in [2.24, 2.45) is 18.4 Å². The number of fused-ring (bicyclic) bond motifs is 1. The monoisotopic (exact) mass is 522 g/mol. The Kier molecular flexibility index (Phi) is 6.62. The van der Waals surface area contributed by atoms with Crippen LogP contribution in [0.3, 0.4) is 0 Å². The van der Waals surface area contributed by atoms with Crippen molar-refractivity contribution in [2.45, 2.75) is 71.3 Å². The molecular formula is C29H36F2N6O. The van der Waals surface area contributed by atoms with E-state index in [-0.39, 0.29) is 35.1 Å². The van der Waals surface area contributed by atoms with Crippen LogP contribution in [-0.2, 0) is 31.4 Å². The molecule has 0 atom stereocenters. The van der Waals surface area contributed by atoms with Crippen LogP contribution in [0.2, 0.25) is 0 Å². The highest BCUT2D eigenvalue weighted by atomic mass is 19.3. The molecule has 0 saturated heterocycles. The van der Waals surface area contributed by atoms with Crippen molar-refractivity contribution in [3.8, 4) is 0 Å². The van der Waals surface area contributed by atoms with Crippen LogP contribution in [-0.4, -0.2) is 32.2 Å². The first-order valence-electron chi connectivity index (χ1n) is 13.3. The van der Waals surface area contributed by atoms with Crippen molar-refractivity contribution in [2.75, 3.05) is 11.9 Å². The summed E-state index contributed by atoms with van der Waals surface area (Å²) in [7, 11) is 1.94. The molecule has 2 heterocycles. The van der Waals surface area contributed by atoms with Crippen LogP contribution in [0.1, 0.15) is 85.7 Å². The summed E-state index contributed by atoms with van der Waals surface area (Å²) in [5.74, 6) is -2.09. The van der Waals surface area contributed by atoms with Gasteiger partial charge < -0.3 is 15.2 Å². The van der Waals surface area contributed by atoms with Gasteiger partial charge in [0.25, 0.3) is 11.8 Å². The van der Waals surface area contributed by atoms with Crippen LogP contribution in [0.5, 0.6) is 0 Å². The van der Waals surface area contributed by atoms with E-state index in [0.29, 0.717) is 29.3 Å². The molecule has 1 amide bonds. The lowest BCUT2D eigenvalue weighted by molar-refractivity contribution is -0.00602. The van der Waals surface area contributed by atoms with Crippen LogP contribution >= 0.6 is 0 Å². The minimum atomic E-state index is -3.03. The van der Waals surface area contributed by atoms with Crippen molar-refractivity contribution in [1.82, 2.24) is 25.1 Å². The third kappa shape index (κ3) is 4.96. The second kappa shape index (κ2) is 9.52. The number of pyridine rings is 1. The molecule has 9 heteroatoms. The zero-order valence-corrected chi connectivity index (χ0v) is 22.7. The third-order valence-corrected chi connectivity index (χ3v) is 7.66. The average Bonchev–Trinajstić information content (AvgIpc) is 3.38. The summed E-state index contributed by atoms with van der Waals surface area (Å²) in [5.41, 5.74) is 2.41. The van der Waals surface area contributed by atoms with Crippen molar-refractivity contribution in [3.63, 3.8) is 0 Å². The van der Waals surface area contributed by atoms with E-state index >= 15 is 0 Å². The molecule has 1 fully saturated rings. The van der Waals surface area contributed by atoms with Gasteiger partial charge in [0.15, 0.2) is 0 Å². The van der Waals surface area contributed by atoms with Crippen molar-refractivity contribution in [3.05, 3.63) is 70.6 Å². The maximum Gasteiger partial charge on any atom is 0.290 e. The SMILES string of the molecule is CC1CC(c2cccc(NC(=O)c3cc(CNCC(C)(C)C)c4c(n3)C(F)(F)CC4)c2)(c2nncn2C)C1. The van der Waals surface area contributed by atoms with Gasteiger partial charge in [-0.3, -0.25) is 4.79 Å². The van der Waals surface area contributed by atoms with Crippen LogP contribution in [0, 0.1) is 11.3 Å². The standard InChI is InChI=1S/C29H36F2N6O/c1-18-13-28(14-18,26-36-33-17-37(26)5)20-7-6-8-21(12-20)34-25(38)23-11-19(15-32-16-27(2,3)4)22-9-10-29(30,31)24(22)35-23/h6-8,11-12,17-18,32H,9-10,13-16H2,1-5H3,(H,34,38). The molecule has 2 aliphatic carbocycles. The number of aromatic nitrogens is 4. The molecular weight excluding hydrogens is 486 g/mol. The van der Waals surface area contributed by atoms with Crippen molar-refractivity contribution >= 4 is 11.6 Å². The molecule has 7 nitrogen and oxygen atoms in total. The van der Waals surface area contributed by atoms with E-state index in [1.54, 1.807) is 12.4 Å². The summed E-state index contributed by atoms with van der Waals surface area (Å²) >= 11 is 0. The Bertz CT molecular complexity index is 1350. The minimum Gasteiger partial charge on any atom is -0.321 e. The molecule has 202 valence electrons. The topological polar surface area (TPSA) is 84.7 Å². The van der Waals surface area contributed by atoms with Gasteiger partial charge in [-0.1, -0.05) is 39.8 Å². The number of anilines is 1. The van der Waals surface area contributed by atoms with Crippen LogP contribution in [0.25, 0.3) is 0 Å². The molecule has 0 bridgehead atoms. The second-order valence-electron chi connectivity index (χ2n) is 12.3. The highest BCUT2D eigenvalue weighted by Gasteiger charge is 2.48. The Morgan fingerprint density at radius 2 is 1.97 bits per heavy atom. The van der Waals surface area contributed by atoms with E-state index in [9.17, 15) is 13.6 Å². The minimum absolute atomic E-state index is 0.00330. The van der Waals surface area contributed by atoms with E-state index in [4.69, 9.17) is 0 Å². The summed E-state index contributed by atoms with van der Waals surface area (Å²) in [5, 5.41) is 14.7. The summed E-state index contributed by atoms with van der Waals surface area (Å²) in [6.45, 7) is 9.67. The molecule has 1 aromatic carbocycles. The van der Waals surface area contributed by atoms with E-state index < -0.39 is 11.8 Å². The molecule has 2 aliphatic rings. The predicted octanol–water partition coefficient (Wildman–Crippen LogP) is 5.35. The maximum atomic E-state index is 14.7. The highest BCUT2D eigenvalue weighted by Crippen LogP contribution is 2.51. The van der Waals surface area contributed by atoms with Crippen molar-refractivity contribution in [1.29, 1.82) is 0 Å². The number of hydrogen-bond acceptors (Lipinski definition) is 5. The number of nitrogens with zero attached hydrogens (tertiary/aromatic N) is 4. The Morgan fingerprint density at radius 3 is 2.63 bits per heavy atom. The highest BCUT2D eigenvalue weighted by molar-refractivity contribution is 6.03. The second-order valence-corrected chi connectivity index (χ2v) is 12.3. The van der Waals surface area contributed by atoms with Gasteiger partial charge in [-0.2, -0.15) is 8.78 Å². The Morgan fingerprint density at radius 1 is 1.21 bits per heavy atom. The molecule has 0 aliphatic heterocycles. The predicted molar refractivity (Wildman–Crippen MR) is 142 cm³/mol. The third-order valence-electron chi connectivity index (χ3n) is 7.66. The molecule has 0 unspecified atom stereocenters. The summed E-state index contributed by atoms with van der Waals surface area (Å²) in [6, 6.07) is 9.36. The summed E-state index contributed by atoms with van der Waals surface area (Å²) < 4.78 is 31.3. The first kappa shape index (κ1) is 26.4. The van der Waals surface area contributed by atoms with Crippen LogP contribution in [0.4, 0.5) is 14.5 Å². The first-order valence-corrected chi connectivity index (χ1v) is 13.3. The lowest BCUT2D eigenvalue weighted by Gasteiger charge is -2.46. The van der Waals surface area contributed by atoms with Crippen molar-refractivity contribution < 1.29 is 13.6 Å². The maximum absolute atomic E-state index is 14.7. The smallest absolute Gasteiger partial charge is 0.290 e. The number of aryl methyl sites for hydroxylation is 1.